The van der Waals surface area contributed by atoms with Crippen molar-refractivity contribution in [3.63, 3.8) is 0 Å². The van der Waals surface area contributed by atoms with Crippen molar-refractivity contribution in [3.8, 4) is 0 Å². The van der Waals surface area contributed by atoms with Crippen LogP contribution < -0.4 is 0 Å². The summed E-state index contributed by atoms with van der Waals surface area (Å²) in [7, 11) is 0. The molecule has 1 N–H and O–H groups in total. The number of aliphatic hydroxyl groups is 1. The zero-order chi connectivity index (χ0) is 10.6. The van der Waals surface area contributed by atoms with E-state index in [1.165, 1.54) is 25.7 Å². The van der Waals surface area contributed by atoms with Crippen LogP contribution in [-0.2, 0) is 0 Å². The molecule has 3 aliphatic carbocycles. The molecule has 0 aliphatic heterocycles. The van der Waals surface area contributed by atoms with Crippen LogP contribution in [-0.4, -0.2) is 11.2 Å². The maximum atomic E-state index is 10.4. The molecule has 4 bridgehead atoms. The minimum atomic E-state index is -0.0186. The second kappa shape index (κ2) is 3.10. The molecule has 84 valence electrons. The van der Waals surface area contributed by atoms with Crippen molar-refractivity contribution in [2.45, 2.75) is 45.6 Å². The summed E-state index contributed by atoms with van der Waals surface area (Å²) in [6, 6.07) is 0. The SMILES string of the molecule is CC(C)[C@]12C=C[C@H](C1)[C@@H]1CCC[C@H]2[C@@H]1O. The maximum absolute atomic E-state index is 10.4. The monoisotopic (exact) mass is 206 g/mol. The van der Waals surface area contributed by atoms with Crippen LogP contribution in [0.4, 0.5) is 0 Å². The summed E-state index contributed by atoms with van der Waals surface area (Å²) < 4.78 is 0. The summed E-state index contributed by atoms with van der Waals surface area (Å²) >= 11 is 0. The van der Waals surface area contributed by atoms with Crippen LogP contribution >= 0.6 is 0 Å². The largest absolute Gasteiger partial charge is 0.392 e. The average molecular weight is 206 g/mol. The predicted octanol–water partition coefficient (Wildman–Crippen LogP) is 3.00. The molecular formula is C14H22O. The van der Waals surface area contributed by atoms with Gasteiger partial charge in [0.25, 0.3) is 0 Å². The summed E-state index contributed by atoms with van der Waals surface area (Å²) in [4.78, 5) is 0. The van der Waals surface area contributed by atoms with Gasteiger partial charge in [-0.15, -0.1) is 0 Å². The normalized spacial score (nSPS) is 52.5. The Hall–Kier alpha value is -0.300. The molecule has 0 aromatic carbocycles. The highest BCUT2D eigenvalue weighted by Gasteiger charge is 2.55. The van der Waals surface area contributed by atoms with Crippen LogP contribution in [0.15, 0.2) is 12.2 Å². The summed E-state index contributed by atoms with van der Waals surface area (Å²) in [6.45, 7) is 4.66. The average Bonchev–Trinajstić information content (AvgIpc) is 2.59. The first-order chi connectivity index (χ1) is 7.15. The van der Waals surface area contributed by atoms with Crippen molar-refractivity contribution in [2.75, 3.05) is 0 Å². The van der Waals surface area contributed by atoms with Crippen LogP contribution in [0.5, 0.6) is 0 Å². The van der Waals surface area contributed by atoms with Gasteiger partial charge in [-0.05, 0) is 48.3 Å². The molecule has 0 unspecified atom stereocenters. The number of allylic oxidation sites excluding steroid dienone is 2. The Morgan fingerprint density at radius 2 is 2.13 bits per heavy atom. The number of hydrogen-bond donors (Lipinski definition) is 1. The fraction of sp³-hybridized carbons (Fsp3) is 0.857. The van der Waals surface area contributed by atoms with Gasteiger partial charge in [-0.25, -0.2) is 0 Å². The van der Waals surface area contributed by atoms with E-state index in [1.807, 2.05) is 0 Å². The smallest absolute Gasteiger partial charge is 0.0610 e. The molecule has 0 spiro atoms. The van der Waals surface area contributed by atoms with Gasteiger partial charge in [0.15, 0.2) is 0 Å². The second-order valence-electron chi connectivity index (χ2n) is 6.19. The summed E-state index contributed by atoms with van der Waals surface area (Å²) in [6.07, 6.45) is 10.00. The molecule has 2 fully saturated rings. The van der Waals surface area contributed by atoms with Gasteiger partial charge >= 0.3 is 0 Å². The van der Waals surface area contributed by atoms with Crippen molar-refractivity contribution >= 4 is 0 Å². The fourth-order valence-electron chi connectivity index (χ4n) is 4.54. The number of fused-ring (bicyclic) bond motifs is 6. The maximum Gasteiger partial charge on any atom is 0.0610 e. The lowest BCUT2D eigenvalue weighted by atomic mass is 9.53. The topological polar surface area (TPSA) is 20.2 Å². The second-order valence-corrected chi connectivity index (χ2v) is 6.19. The van der Waals surface area contributed by atoms with E-state index in [-0.39, 0.29) is 6.10 Å². The van der Waals surface area contributed by atoms with Crippen LogP contribution in [0, 0.1) is 29.1 Å². The van der Waals surface area contributed by atoms with E-state index in [4.69, 9.17) is 0 Å². The summed E-state index contributed by atoms with van der Waals surface area (Å²) in [5.41, 5.74) is 0.334. The standard InChI is InChI=1S/C14H22O/c1-9(2)14-7-6-10(8-14)11-4-3-5-12(14)13(11)15/h6-7,9-13,15H,3-5,8H2,1-2H3/t10-,11+,12+,13-,14+/m1/s1. The van der Waals surface area contributed by atoms with E-state index in [0.717, 1.165) is 0 Å². The van der Waals surface area contributed by atoms with Gasteiger partial charge in [0, 0.05) is 0 Å². The van der Waals surface area contributed by atoms with Gasteiger partial charge in [-0.1, -0.05) is 32.4 Å². The Morgan fingerprint density at radius 1 is 1.33 bits per heavy atom. The zero-order valence-electron chi connectivity index (χ0n) is 9.82. The third kappa shape index (κ3) is 1.13. The Kier molecular flexibility index (Phi) is 2.04. The van der Waals surface area contributed by atoms with Crippen LogP contribution in [0.1, 0.15) is 39.5 Å². The molecule has 0 heterocycles. The first kappa shape index (κ1) is 9.89. The zero-order valence-corrected chi connectivity index (χ0v) is 9.82. The van der Waals surface area contributed by atoms with E-state index < -0.39 is 0 Å². The quantitative estimate of drug-likeness (QED) is 0.654. The number of rotatable bonds is 1. The molecule has 2 saturated carbocycles. The molecule has 0 amide bonds. The summed E-state index contributed by atoms with van der Waals surface area (Å²) in [5.74, 6) is 2.48. The third-order valence-corrected chi connectivity index (χ3v) is 5.46. The first-order valence-corrected chi connectivity index (χ1v) is 6.52. The van der Waals surface area contributed by atoms with Gasteiger partial charge in [0.1, 0.15) is 0 Å². The van der Waals surface area contributed by atoms with Crippen molar-refractivity contribution in [1.29, 1.82) is 0 Å². The van der Waals surface area contributed by atoms with Crippen LogP contribution in [0.2, 0.25) is 0 Å². The third-order valence-electron chi connectivity index (χ3n) is 5.46. The fourth-order valence-corrected chi connectivity index (χ4v) is 4.54. The van der Waals surface area contributed by atoms with Crippen LogP contribution in [0.25, 0.3) is 0 Å². The van der Waals surface area contributed by atoms with Gasteiger partial charge < -0.3 is 5.11 Å². The minimum Gasteiger partial charge on any atom is -0.392 e. The van der Waals surface area contributed by atoms with Crippen LogP contribution in [0.3, 0.4) is 0 Å². The molecular weight excluding hydrogens is 184 g/mol. The predicted molar refractivity (Wildman–Crippen MR) is 61.4 cm³/mol. The minimum absolute atomic E-state index is 0.0186. The molecule has 0 radical (unpaired) electrons. The number of aliphatic hydroxyl groups excluding tert-OH is 1. The molecule has 0 aromatic heterocycles. The van der Waals surface area contributed by atoms with Gasteiger partial charge in [0.2, 0.25) is 0 Å². The molecule has 0 aromatic rings. The van der Waals surface area contributed by atoms with E-state index in [9.17, 15) is 5.11 Å². The van der Waals surface area contributed by atoms with E-state index >= 15 is 0 Å². The molecule has 3 aliphatic rings. The van der Waals surface area contributed by atoms with Gasteiger partial charge in [-0.3, -0.25) is 0 Å². The van der Waals surface area contributed by atoms with Crippen molar-refractivity contribution in [2.24, 2.45) is 29.1 Å². The van der Waals surface area contributed by atoms with E-state index in [0.29, 0.717) is 29.1 Å². The Balaban J connectivity index is 2.02. The molecule has 15 heavy (non-hydrogen) atoms. The van der Waals surface area contributed by atoms with Crippen molar-refractivity contribution in [3.05, 3.63) is 12.2 Å². The summed E-state index contributed by atoms with van der Waals surface area (Å²) in [5, 5.41) is 10.4. The lowest BCUT2D eigenvalue weighted by Gasteiger charge is -2.52. The number of hydrogen-bond acceptors (Lipinski definition) is 1. The first-order valence-electron chi connectivity index (χ1n) is 6.52. The lowest BCUT2D eigenvalue weighted by molar-refractivity contribution is -0.0969. The highest BCUT2D eigenvalue weighted by molar-refractivity contribution is 5.21. The lowest BCUT2D eigenvalue weighted by Crippen LogP contribution is -2.51. The van der Waals surface area contributed by atoms with Gasteiger partial charge in [0.05, 0.1) is 6.10 Å². The molecule has 5 atom stereocenters. The van der Waals surface area contributed by atoms with Gasteiger partial charge in [-0.2, -0.15) is 0 Å². The molecule has 3 rings (SSSR count). The Labute approximate surface area is 92.6 Å². The molecule has 0 saturated heterocycles. The highest BCUT2D eigenvalue weighted by Crippen LogP contribution is 2.60. The van der Waals surface area contributed by atoms with Crippen molar-refractivity contribution in [1.82, 2.24) is 0 Å². The Morgan fingerprint density at radius 3 is 2.87 bits per heavy atom. The van der Waals surface area contributed by atoms with Crippen molar-refractivity contribution < 1.29 is 5.11 Å². The highest BCUT2D eigenvalue weighted by atomic mass is 16.3. The molecule has 1 heteroatoms. The molecule has 1 nitrogen and oxygen atoms in total. The van der Waals surface area contributed by atoms with E-state index in [2.05, 4.69) is 26.0 Å². The van der Waals surface area contributed by atoms with E-state index in [1.54, 1.807) is 0 Å². The Bertz CT molecular complexity index is 294.